The molecule has 0 unspecified atom stereocenters. The minimum absolute atomic E-state index is 0.0372. The van der Waals surface area contributed by atoms with E-state index in [4.69, 9.17) is 11.5 Å². The van der Waals surface area contributed by atoms with E-state index in [2.05, 4.69) is 14.9 Å². The molecule has 1 saturated heterocycles. The number of benzene rings is 1. The number of carbonyl (C=O) groups is 2. The van der Waals surface area contributed by atoms with E-state index < -0.39 is 5.41 Å². The standard InChI is InChI=1S/C24H30N6O2S/c1-23(2)19-15(29(3)22(23)32)5-4-6-16(19)33-21-20(26)28-18(13-27-21)30-9-7-24(8-10-30)12-14(31)11-17(24)25/h4-6,13,17H,7-12,25H2,1-3H3,(H2,26,28)/t17-/m0/s1. The lowest BCUT2D eigenvalue weighted by Gasteiger charge is -2.41. The van der Waals surface area contributed by atoms with Crippen LogP contribution in [0, 0.1) is 5.41 Å². The molecule has 2 aromatic rings. The van der Waals surface area contributed by atoms with Gasteiger partial charge in [-0.3, -0.25) is 9.59 Å². The molecule has 1 saturated carbocycles. The number of amides is 1. The minimum atomic E-state index is -0.609. The van der Waals surface area contributed by atoms with Crippen molar-refractivity contribution in [3.8, 4) is 0 Å². The van der Waals surface area contributed by atoms with E-state index >= 15 is 0 Å². The van der Waals surface area contributed by atoms with Gasteiger partial charge in [0.25, 0.3) is 0 Å². The van der Waals surface area contributed by atoms with Crippen LogP contribution in [0.1, 0.15) is 45.1 Å². The molecule has 1 amide bonds. The highest BCUT2D eigenvalue weighted by Crippen LogP contribution is 2.48. The van der Waals surface area contributed by atoms with E-state index in [-0.39, 0.29) is 23.1 Å². The first-order valence-electron chi connectivity index (χ1n) is 11.4. The summed E-state index contributed by atoms with van der Waals surface area (Å²) in [5, 5.41) is 0.627. The molecule has 1 aromatic heterocycles. The summed E-state index contributed by atoms with van der Waals surface area (Å²) in [5.41, 5.74) is 13.9. The summed E-state index contributed by atoms with van der Waals surface area (Å²) in [6.07, 6.45) is 4.62. The molecule has 1 aliphatic carbocycles. The lowest BCUT2D eigenvalue weighted by atomic mass is 9.74. The SMILES string of the molecule is CN1C(=O)C(C)(C)c2c(Sc3ncc(N4CCC5(CC4)CC(=O)C[C@@H]5N)nc3N)cccc21. The Morgan fingerprint density at radius 1 is 1.18 bits per heavy atom. The molecule has 3 aliphatic rings. The van der Waals surface area contributed by atoms with Crippen LogP contribution in [0.15, 0.2) is 34.3 Å². The molecule has 33 heavy (non-hydrogen) atoms. The summed E-state index contributed by atoms with van der Waals surface area (Å²) in [6, 6.07) is 5.89. The zero-order chi connectivity index (χ0) is 23.5. The van der Waals surface area contributed by atoms with Crippen LogP contribution in [0.5, 0.6) is 0 Å². The highest BCUT2D eigenvalue weighted by molar-refractivity contribution is 7.99. The Bertz CT molecular complexity index is 1140. The molecule has 5 rings (SSSR count). The van der Waals surface area contributed by atoms with Crippen molar-refractivity contribution in [1.29, 1.82) is 0 Å². The minimum Gasteiger partial charge on any atom is -0.381 e. The number of piperidine rings is 1. The Hall–Kier alpha value is -2.65. The molecule has 0 bridgehead atoms. The van der Waals surface area contributed by atoms with Gasteiger partial charge in [-0.05, 0) is 44.2 Å². The number of rotatable bonds is 3. The van der Waals surface area contributed by atoms with Gasteiger partial charge in [0, 0.05) is 55.2 Å². The predicted molar refractivity (Wildman–Crippen MR) is 130 cm³/mol. The monoisotopic (exact) mass is 466 g/mol. The third kappa shape index (κ3) is 3.49. The molecule has 2 fully saturated rings. The normalized spacial score (nSPS) is 23.5. The lowest BCUT2D eigenvalue weighted by Crippen LogP contribution is -2.47. The van der Waals surface area contributed by atoms with Gasteiger partial charge in [-0.25, -0.2) is 9.97 Å². The quantitative estimate of drug-likeness (QED) is 0.709. The van der Waals surface area contributed by atoms with Gasteiger partial charge < -0.3 is 21.3 Å². The van der Waals surface area contributed by atoms with Gasteiger partial charge in [0.2, 0.25) is 5.91 Å². The first-order valence-corrected chi connectivity index (χ1v) is 12.2. The summed E-state index contributed by atoms with van der Waals surface area (Å²) in [7, 11) is 1.81. The second-order valence-electron chi connectivity index (χ2n) is 10.0. The number of ketones is 1. The van der Waals surface area contributed by atoms with Crippen molar-refractivity contribution in [1.82, 2.24) is 9.97 Å². The first-order chi connectivity index (χ1) is 15.6. The number of hydrogen-bond donors (Lipinski definition) is 2. The van der Waals surface area contributed by atoms with Gasteiger partial charge in [-0.15, -0.1) is 0 Å². The van der Waals surface area contributed by atoms with Gasteiger partial charge in [0.05, 0.1) is 11.6 Å². The van der Waals surface area contributed by atoms with E-state index in [9.17, 15) is 9.59 Å². The van der Waals surface area contributed by atoms with Gasteiger partial charge >= 0.3 is 0 Å². The molecule has 9 heteroatoms. The van der Waals surface area contributed by atoms with Gasteiger partial charge in [-0.1, -0.05) is 17.8 Å². The largest absolute Gasteiger partial charge is 0.381 e. The molecular formula is C24H30N6O2S. The number of nitrogen functional groups attached to an aromatic ring is 1. The topological polar surface area (TPSA) is 118 Å². The average molecular weight is 467 g/mol. The molecule has 8 nitrogen and oxygen atoms in total. The highest BCUT2D eigenvalue weighted by Gasteiger charge is 2.47. The average Bonchev–Trinajstić information content (AvgIpc) is 3.15. The van der Waals surface area contributed by atoms with Crippen molar-refractivity contribution < 1.29 is 9.59 Å². The van der Waals surface area contributed by atoms with Gasteiger partial charge in [-0.2, -0.15) is 0 Å². The Labute approximate surface area is 198 Å². The third-order valence-electron chi connectivity index (χ3n) is 7.65. The van der Waals surface area contributed by atoms with Crippen molar-refractivity contribution in [2.45, 2.75) is 60.9 Å². The summed E-state index contributed by atoms with van der Waals surface area (Å²) in [5.74, 6) is 1.48. The van der Waals surface area contributed by atoms with Crippen molar-refractivity contribution in [3.05, 3.63) is 30.0 Å². The zero-order valence-electron chi connectivity index (χ0n) is 19.3. The maximum absolute atomic E-state index is 12.7. The van der Waals surface area contributed by atoms with Crippen LogP contribution in [-0.2, 0) is 15.0 Å². The van der Waals surface area contributed by atoms with Crippen LogP contribution >= 0.6 is 11.8 Å². The van der Waals surface area contributed by atoms with Crippen LogP contribution in [0.2, 0.25) is 0 Å². The van der Waals surface area contributed by atoms with E-state index in [1.165, 1.54) is 11.8 Å². The third-order valence-corrected chi connectivity index (χ3v) is 8.72. The number of Topliss-reactive ketones (excluding diaryl/α,β-unsaturated/α-hetero) is 1. The number of hydrogen-bond acceptors (Lipinski definition) is 8. The number of aromatic nitrogens is 2. The number of nitrogens with zero attached hydrogens (tertiary/aromatic N) is 4. The van der Waals surface area contributed by atoms with Crippen LogP contribution in [0.4, 0.5) is 17.3 Å². The smallest absolute Gasteiger partial charge is 0.236 e. The lowest BCUT2D eigenvalue weighted by molar-refractivity contribution is -0.122. The van der Waals surface area contributed by atoms with Crippen molar-refractivity contribution >= 4 is 40.8 Å². The van der Waals surface area contributed by atoms with E-state index in [1.807, 2.05) is 39.1 Å². The van der Waals surface area contributed by atoms with E-state index in [1.54, 1.807) is 11.1 Å². The fraction of sp³-hybridized carbons (Fsp3) is 0.500. The number of fused-ring (bicyclic) bond motifs is 1. The van der Waals surface area contributed by atoms with Crippen LogP contribution in [0.25, 0.3) is 0 Å². The van der Waals surface area contributed by atoms with Crippen LogP contribution < -0.4 is 21.3 Å². The van der Waals surface area contributed by atoms with Crippen LogP contribution in [0.3, 0.4) is 0 Å². The number of likely N-dealkylation sites (N-methyl/N-ethyl adjacent to an activating group) is 1. The van der Waals surface area contributed by atoms with Gasteiger partial charge in [0.1, 0.15) is 16.6 Å². The Morgan fingerprint density at radius 3 is 2.55 bits per heavy atom. The molecule has 1 aromatic carbocycles. The number of carbonyl (C=O) groups excluding carboxylic acids is 2. The Balaban J connectivity index is 1.35. The molecule has 0 radical (unpaired) electrons. The molecule has 1 atom stereocenters. The molecule has 4 N–H and O–H groups in total. The molecule has 174 valence electrons. The summed E-state index contributed by atoms with van der Waals surface area (Å²) >= 11 is 1.45. The van der Waals surface area contributed by atoms with Crippen LogP contribution in [-0.4, -0.2) is 47.8 Å². The first kappa shape index (κ1) is 22.2. The summed E-state index contributed by atoms with van der Waals surface area (Å²) < 4.78 is 0. The fourth-order valence-corrected chi connectivity index (χ4v) is 6.72. The summed E-state index contributed by atoms with van der Waals surface area (Å²) in [4.78, 5) is 38.8. The molecular weight excluding hydrogens is 436 g/mol. The molecule has 3 heterocycles. The van der Waals surface area contributed by atoms with E-state index in [0.717, 1.165) is 47.9 Å². The fourth-order valence-electron chi connectivity index (χ4n) is 5.65. The Morgan fingerprint density at radius 2 is 1.91 bits per heavy atom. The van der Waals surface area contributed by atoms with Gasteiger partial charge in [0.15, 0.2) is 5.82 Å². The highest BCUT2D eigenvalue weighted by atomic mass is 32.2. The molecule has 1 spiro atoms. The predicted octanol–water partition coefficient (Wildman–Crippen LogP) is 2.74. The van der Waals surface area contributed by atoms with E-state index in [0.29, 0.717) is 23.7 Å². The maximum atomic E-state index is 12.7. The molecule has 2 aliphatic heterocycles. The van der Waals surface area contributed by atoms with Crippen molar-refractivity contribution in [2.75, 3.05) is 35.7 Å². The maximum Gasteiger partial charge on any atom is 0.236 e. The Kier molecular flexibility index (Phi) is 5.17. The zero-order valence-corrected chi connectivity index (χ0v) is 20.1. The summed E-state index contributed by atoms with van der Waals surface area (Å²) in [6.45, 7) is 5.48. The number of nitrogens with two attached hydrogens (primary N) is 2. The van der Waals surface area contributed by atoms with Crippen molar-refractivity contribution in [3.63, 3.8) is 0 Å². The number of anilines is 3. The van der Waals surface area contributed by atoms with Crippen molar-refractivity contribution in [2.24, 2.45) is 11.1 Å². The second kappa shape index (κ2) is 7.70. The second-order valence-corrected chi connectivity index (χ2v) is 11.1.